The number of pyridine rings is 1. The summed E-state index contributed by atoms with van der Waals surface area (Å²) in [7, 11) is 0. The molecule has 1 heterocycles. The van der Waals surface area contributed by atoms with Crippen LogP contribution in [0.2, 0.25) is 5.15 Å². The number of hydrogen-bond acceptors (Lipinski definition) is 1. The summed E-state index contributed by atoms with van der Waals surface area (Å²) in [6, 6.07) is 0.957. The zero-order valence-electron chi connectivity index (χ0n) is 6.75. The number of halogens is 7. The van der Waals surface area contributed by atoms with Gasteiger partial charge in [0.25, 0.3) is 6.43 Å². The molecule has 84 valence electrons. The van der Waals surface area contributed by atoms with Crippen LogP contribution in [0, 0.1) is 3.57 Å². The van der Waals surface area contributed by atoms with Crippen molar-refractivity contribution in [1.82, 2.24) is 4.98 Å². The van der Waals surface area contributed by atoms with Gasteiger partial charge in [-0.1, -0.05) is 11.6 Å². The van der Waals surface area contributed by atoms with Gasteiger partial charge in [0.2, 0.25) is 0 Å². The third kappa shape index (κ3) is 2.90. The summed E-state index contributed by atoms with van der Waals surface area (Å²) in [5, 5.41) is -0.462. The average molecular weight is 357 g/mol. The van der Waals surface area contributed by atoms with Crippen LogP contribution in [-0.4, -0.2) is 4.98 Å². The van der Waals surface area contributed by atoms with Crippen molar-refractivity contribution < 1.29 is 22.0 Å². The van der Waals surface area contributed by atoms with E-state index in [1.54, 1.807) is 0 Å². The molecule has 0 unspecified atom stereocenters. The Balaban J connectivity index is 3.47. The molecule has 0 N–H and O–H groups in total. The van der Waals surface area contributed by atoms with E-state index in [0.29, 0.717) is 0 Å². The monoisotopic (exact) mass is 357 g/mol. The van der Waals surface area contributed by atoms with Crippen molar-refractivity contribution in [1.29, 1.82) is 0 Å². The second kappa shape index (κ2) is 4.36. The van der Waals surface area contributed by atoms with Crippen molar-refractivity contribution >= 4 is 34.2 Å². The lowest BCUT2D eigenvalue weighted by atomic mass is 10.2. The highest BCUT2D eigenvalue weighted by atomic mass is 127. The molecule has 0 aliphatic rings. The number of hydrogen-bond donors (Lipinski definition) is 0. The van der Waals surface area contributed by atoms with Crippen LogP contribution in [0.15, 0.2) is 6.07 Å². The normalized spacial score (nSPS) is 12.3. The lowest BCUT2D eigenvalue weighted by Gasteiger charge is -2.13. The molecule has 0 bridgehead atoms. The Morgan fingerprint density at radius 2 is 1.87 bits per heavy atom. The third-order valence-electron chi connectivity index (χ3n) is 1.46. The molecule has 1 aromatic heterocycles. The van der Waals surface area contributed by atoms with E-state index < -0.39 is 29.0 Å². The standard InChI is InChI=1S/C7H2ClF5IN/c8-3-1-2(14)4(6(9)10)5(15-3)7(11,12)13/h1,6H. The van der Waals surface area contributed by atoms with Gasteiger partial charge in [-0.2, -0.15) is 13.2 Å². The molecule has 0 amide bonds. The molecule has 0 atom stereocenters. The summed E-state index contributed by atoms with van der Waals surface area (Å²) in [5.41, 5.74) is -2.76. The summed E-state index contributed by atoms with van der Waals surface area (Å²) < 4.78 is 61.4. The molecule has 1 nitrogen and oxygen atoms in total. The molecule has 1 aromatic rings. The summed E-state index contributed by atoms with van der Waals surface area (Å²) in [4.78, 5) is 2.88. The van der Waals surface area contributed by atoms with Gasteiger partial charge < -0.3 is 0 Å². The van der Waals surface area contributed by atoms with Gasteiger partial charge in [0.15, 0.2) is 5.69 Å². The smallest absolute Gasteiger partial charge is 0.231 e. The van der Waals surface area contributed by atoms with Crippen LogP contribution < -0.4 is 0 Å². The molecule has 0 radical (unpaired) electrons. The molecule has 0 saturated carbocycles. The summed E-state index contributed by atoms with van der Waals surface area (Å²) >= 11 is 6.63. The summed E-state index contributed by atoms with van der Waals surface area (Å²) in [5.74, 6) is 0. The maximum absolute atomic E-state index is 12.4. The lowest BCUT2D eigenvalue weighted by molar-refractivity contribution is -0.143. The molecular formula is C7H2ClF5IN. The Labute approximate surface area is 99.8 Å². The fraction of sp³-hybridized carbons (Fsp3) is 0.286. The summed E-state index contributed by atoms with van der Waals surface area (Å²) in [6.07, 6.45) is -8.17. The largest absolute Gasteiger partial charge is 0.433 e. The third-order valence-corrected chi connectivity index (χ3v) is 2.55. The first-order valence-corrected chi connectivity index (χ1v) is 4.90. The highest BCUT2D eigenvalue weighted by molar-refractivity contribution is 14.1. The van der Waals surface area contributed by atoms with Gasteiger partial charge in [-0.25, -0.2) is 13.8 Å². The molecule has 0 spiro atoms. The van der Waals surface area contributed by atoms with Crippen LogP contribution >= 0.6 is 34.2 Å². The van der Waals surface area contributed by atoms with Gasteiger partial charge >= 0.3 is 6.18 Å². The van der Waals surface area contributed by atoms with Crippen molar-refractivity contribution in [2.24, 2.45) is 0 Å². The van der Waals surface area contributed by atoms with Crippen molar-refractivity contribution in [2.75, 3.05) is 0 Å². The van der Waals surface area contributed by atoms with Gasteiger partial charge in [0.1, 0.15) is 5.15 Å². The predicted octanol–water partition coefficient (Wildman–Crippen LogP) is 4.30. The lowest BCUT2D eigenvalue weighted by Crippen LogP contribution is -2.14. The van der Waals surface area contributed by atoms with Crippen molar-refractivity contribution in [3.8, 4) is 0 Å². The van der Waals surface area contributed by atoms with Crippen LogP contribution in [0.25, 0.3) is 0 Å². The molecule has 0 aliphatic heterocycles. The Morgan fingerprint density at radius 1 is 1.33 bits per heavy atom. The van der Waals surface area contributed by atoms with E-state index in [0.717, 1.165) is 6.07 Å². The Hall–Kier alpha value is -0.180. The SMILES string of the molecule is FC(F)c1c(I)cc(Cl)nc1C(F)(F)F. The second-order valence-corrected chi connectivity index (χ2v) is 4.04. The molecule has 0 fully saturated rings. The average Bonchev–Trinajstić information content (AvgIpc) is 1.99. The maximum atomic E-state index is 12.4. The molecule has 0 aliphatic carbocycles. The minimum atomic E-state index is -4.93. The van der Waals surface area contributed by atoms with Gasteiger partial charge in [0.05, 0.1) is 5.56 Å². The number of alkyl halides is 5. The molecule has 15 heavy (non-hydrogen) atoms. The van der Waals surface area contributed by atoms with E-state index in [9.17, 15) is 22.0 Å². The fourth-order valence-electron chi connectivity index (χ4n) is 0.918. The van der Waals surface area contributed by atoms with Crippen LogP contribution in [0.5, 0.6) is 0 Å². The van der Waals surface area contributed by atoms with E-state index in [1.165, 1.54) is 22.6 Å². The summed E-state index contributed by atoms with van der Waals surface area (Å²) in [6.45, 7) is 0. The van der Waals surface area contributed by atoms with E-state index in [-0.39, 0.29) is 3.57 Å². The topological polar surface area (TPSA) is 12.9 Å². The van der Waals surface area contributed by atoms with Crippen molar-refractivity contribution in [3.05, 3.63) is 26.0 Å². The number of nitrogens with zero attached hydrogens (tertiary/aromatic N) is 1. The highest BCUT2D eigenvalue weighted by Crippen LogP contribution is 2.38. The highest BCUT2D eigenvalue weighted by Gasteiger charge is 2.39. The van der Waals surface area contributed by atoms with Gasteiger partial charge in [0, 0.05) is 3.57 Å². The van der Waals surface area contributed by atoms with Gasteiger partial charge in [-0.15, -0.1) is 0 Å². The predicted molar refractivity (Wildman–Crippen MR) is 51.9 cm³/mol. The first-order valence-electron chi connectivity index (χ1n) is 3.44. The van der Waals surface area contributed by atoms with Crippen LogP contribution in [0.4, 0.5) is 22.0 Å². The maximum Gasteiger partial charge on any atom is 0.433 e. The molecule has 0 saturated heterocycles. The van der Waals surface area contributed by atoms with Crippen LogP contribution in [0.1, 0.15) is 17.7 Å². The van der Waals surface area contributed by atoms with Crippen molar-refractivity contribution in [3.63, 3.8) is 0 Å². The Kier molecular flexibility index (Phi) is 3.75. The second-order valence-electron chi connectivity index (χ2n) is 2.49. The Bertz CT molecular complexity index is 378. The minimum Gasteiger partial charge on any atom is -0.231 e. The van der Waals surface area contributed by atoms with E-state index >= 15 is 0 Å². The van der Waals surface area contributed by atoms with Gasteiger partial charge in [-0.3, -0.25) is 0 Å². The number of rotatable bonds is 1. The molecule has 1 rings (SSSR count). The van der Waals surface area contributed by atoms with Crippen molar-refractivity contribution in [2.45, 2.75) is 12.6 Å². The van der Waals surface area contributed by atoms with Gasteiger partial charge in [-0.05, 0) is 28.7 Å². The number of aromatic nitrogens is 1. The first kappa shape index (κ1) is 12.9. The first-order chi connectivity index (χ1) is 6.73. The molecule has 8 heteroatoms. The van der Waals surface area contributed by atoms with E-state index in [4.69, 9.17) is 11.6 Å². The Morgan fingerprint density at radius 3 is 2.27 bits per heavy atom. The van der Waals surface area contributed by atoms with Crippen LogP contribution in [-0.2, 0) is 6.18 Å². The molecular weight excluding hydrogens is 355 g/mol. The minimum absolute atomic E-state index is 0.255. The fourth-order valence-corrected chi connectivity index (χ4v) is 2.08. The van der Waals surface area contributed by atoms with E-state index in [1.807, 2.05) is 0 Å². The zero-order valence-corrected chi connectivity index (χ0v) is 9.66. The quantitative estimate of drug-likeness (QED) is 0.415. The molecule has 0 aromatic carbocycles. The van der Waals surface area contributed by atoms with Crippen LogP contribution in [0.3, 0.4) is 0 Å². The zero-order chi connectivity index (χ0) is 11.8. The van der Waals surface area contributed by atoms with E-state index in [2.05, 4.69) is 4.98 Å².